The SMILES string of the molecule is NS(=O)(=O)c1ccc(NC(=O)Cn2nnc3ccccc3c2=O)cc1. The topological polar surface area (TPSA) is 137 Å². The van der Waals surface area contributed by atoms with Crippen LogP contribution in [-0.2, 0) is 21.4 Å². The van der Waals surface area contributed by atoms with E-state index in [4.69, 9.17) is 5.14 Å². The molecule has 0 aliphatic heterocycles. The number of rotatable bonds is 4. The zero-order chi connectivity index (χ0) is 18.0. The molecule has 0 fully saturated rings. The number of hydrogen-bond acceptors (Lipinski definition) is 6. The van der Waals surface area contributed by atoms with Gasteiger partial charge in [0.2, 0.25) is 15.9 Å². The molecule has 3 N–H and O–H groups in total. The number of anilines is 1. The number of primary sulfonamides is 1. The average Bonchev–Trinajstić information content (AvgIpc) is 2.57. The number of nitrogens with one attached hydrogen (secondary N) is 1. The van der Waals surface area contributed by atoms with Gasteiger partial charge in [-0.05, 0) is 36.4 Å². The molecule has 2 aromatic carbocycles. The molecule has 0 atom stereocenters. The van der Waals surface area contributed by atoms with E-state index >= 15 is 0 Å². The summed E-state index contributed by atoms with van der Waals surface area (Å²) in [6.45, 7) is -0.326. The zero-order valence-electron chi connectivity index (χ0n) is 12.8. The van der Waals surface area contributed by atoms with Gasteiger partial charge in [-0.25, -0.2) is 18.2 Å². The molecule has 9 nitrogen and oxygen atoms in total. The molecule has 0 saturated carbocycles. The maximum absolute atomic E-state index is 12.3. The number of hydrogen-bond donors (Lipinski definition) is 2. The minimum atomic E-state index is -3.80. The van der Waals surface area contributed by atoms with Crippen LogP contribution in [-0.4, -0.2) is 29.3 Å². The third kappa shape index (κ3) is 3.70. The summed E-state index contributed by atoms with van der Waals surface area (Å²) in [6, 6.07) is 12.0. The van der Waals surface area contributed by atoms with Crippen LogP contribution in [0.3, 0.4) is 0 Å². The van der Waals surface area contributed by atoms with Crippen molar-refractivity contribution in [2.45, 2.75) is 11.4 Å². The lowest BCUT2D eigenvalue weighted by Crippen LogP contribution is -2.30. The number of carbonyl (C=O) groups excluding carboxylic acids is 1. The van der Waals surface area contributed by atoms with E-state index in [-0.39, 0.29) is 11.4 Å². The highest BCUT2D eigenvalue weighted by Crippen LogP contribution is 2.12. The summed E-state index contributed by atoms with van der Waals surface area (Å²) < 4.78 is 23.3. The van der Waals surface area contributed by atoms with Gasteiger partial charge in [0.05, 0.1) is 10.3 Å². The van der Waals surface area contributed by atoms with Crippen LogP contribution < -0.4 is 16.0 Å². The van der Waals surface area contributed by atoms with E-state index in [1.807, 2.05) is 0 Å². The van der Waals surface area contributed by atoms with Crippen molar-refractivity contribution in [3.8, 4) is 0 Å². The largest absolute Gasteiger partial charge is 0.324 e. The maximum Gasteiger partial charge on any atom is 0.278 e. The molecule has 3 rings (SSSR count). The van der Waals surface area contributed by atoms with Crippen LogP contribution in [0.4, 0.5) is 5.69 Å². The van der Waals surface area contributed by atoms with Gasteiger partial charge in [0, 0.05) is 5.69 Å². The summed E-state index contributed by atoms with van der Waals surface area (Å²) >= 11 is 0. The molecule has 0 saturated heterocycles. The van der Waals surface area contributed by atoms with Crippen LogP contribution >= 0.6 is 0 Å². The Morgan fingerprint density at radius 2 is 1.80 bits per heavy atom. The Balaban J connectivity index is 1.77. The van der Waals surface area contributed by atoms with E-state index in [9.17, 15) is 18.0 Å². The van der Waals surface area contributed by atoms with Crippen molar-refractivity contribution in [2.75, 3.05) is 5.32 Å². The van der Waals surface area contributed by atoms with E-state index in [0.717, 1.165) is 4.68 Å². The molecule has 0 aliphatic rings. The van der Waals surface area contributed by atoms with Gasteiger partial charge in [0.25, 0.3) is 5.56 Å². The molecule has 0 spiro atoms. The Morgan fingerprint density at radius 1 is 1.12 bits per heavy atom. The minimum Gasteiger partial charge on any atom is -0.324 e. The number of fused-ring (bicyclic) bond motifs is 1. The van der Waals surface area contributed by atoms with E-state index in [1.54, 1.807) is 24.3 Å². The highest BCUT2D eigenvalue weighted by atomic mass is 32.2. The van der Waals surface area contributed by atoms with Crippen LogP contribution in [0.5, 0.6) is 0 Å². The zero-order valence-corrected chi connectivity index (χ0v) is 13.6. The molecule has 128 valence electrons. The molecule has 0 bridgehead atoms. The maximum atomic E-state index is 12.3. The fourth-order valence-corrected chi connectivity index (χ4v) is 2.71. The number of carbonyl (C=O) groups is 1. The second-order valence-electron chi connectivity index (χ2n) is 5.19. The van der Waals surface area contributed by atoms with E-state index < -0.39 is 21.5 Å². The van der Waals surface area contributed by atoms with Crippen molar-refractivity contribution < 1.29 is 13.2 Å². The third-order valence-electron chi connectivity index (χ3n) is 3.39. The Kier molecular flexibility index (Phi) is 4.30. The van der Waals surface area contributed by atoms with E-state index in [1.165, 1.54) is 24.3 Å². The Morgan fingerprint density at radius 3 is 2.48 bits per heavy atom. The van der Waals surface area contributed by atoms with Gasteiger partial charge >= 0.3 is 0 Å². The first-order valence-corrected chi connectivity index (χ1v) is 8.64. The van der Waals surface area contributed by atoms with Crippen LogP contribution in [0.25, 0.3) is 10.9 Å². The molecule has 0 unspecified atom stereocenters. The second-order valence-corrected chi connectivity index (χ2v) is 6.75. The first-order chi connectivity index (χ1) is 11.8. The standard InChI is InChI=1S/C15H13N5O4S/c16-25(23,24)11-7-5-10(6-8-11)17-14(21)9-20-15(22)12-3-1-2-4-13(12)18-19-20/h1-8H,9H2,(H,17,21)(H2,16,23,24). The number of sulfonamides is 1. The van der Waals surface area contributed by atoms with Crippen LogP contribution in [0, 0.1) is 0 Å². The highest BCUT2D eigenvalue weighted by molar-refractivity contribution is 7.89. The lowest BCUT2D eigenvalue weighted by Gasteiger charge is -2.07. The fourth-order valence-electron chi connectivity index (χ4n) is 2.19. The molecule has 10 heteroatoms. The van der Waals surface area contributed by atoms with Crippen LogP contribution in [0.1, 0.15) is 0 Å². The van der Waals surface area contributed by atoms with Crippen molar-refractivity contribution in [2.24, 2.45) is 5.14 Å². The predicted molar refractivity (Wildman–Crippen MR) is 90.2 cm³/mol. The number of nitrogens with two attached hydrogens (primary N) is 1. The van der Waals surface area contributed by atoms with Gasteiger partial charge in [-0.2, -0.15) is 0 Å². The summed E-state index contributed by atoms with van der Waals surface area (Å²) in [5.74, 6) is -0.505. The quantitative estimate of drug-likeness (QED) is 0.676. The summed E-state index contributed by atoms with van der Waals surface area (Å²) in [6.07, 6.45) is 0. The van der Waals surface area contributed by atoms with Crippen LogP contribution in [0.2, 0.25) is 0 Å². The fraction of sp³-hybridized carbons (Fsp3) is 0.0667. The van der Waals surface area contributed by atoms with E-state index in [0.29, 0.717) is 16.6 Å². The summed E-state index contributed by atoms with van der Waals surface area (Å²) in [4.78, 5) is 24.3. The molecule has 3 aromatic rings. The predicted octanol–water partition coefficient (Wildman–Crippen LogP) is 0.0776. The first-order valence-electron chi connectivity index (χ1n) is 7.10. The summed E-state index contributed by atoms with van der Waals surface area (Å²) in [7, 11) is -3.80. The van der Waals surface area contributed by atoms with Gasteiger partial charge in [-0.3, -0.25) is 9.59 Å². The van der Waals surface area contributed by atoms with E-state index in [2.05, 4.69) is 15.6 Å². The molecule has 0 aliphatic carbocycles. The summed E-state index contributed by atoms with van der Waals surface area (Å²) in [5.41, 5.74) is 0.382. The van der Waals surface area contributed by atoms with Gasteiger partial charge in [0.1, 0.15) is 12.1 Å². The highest BCUT2D eigenvalue weighted by Gasteiger charge is 2.11. The van der Waals surface area contributed by atoms with Gasteiger partial charge < -0.3 is 5.32 Å². The Hall–Kier alpha value is -3.11. The molecular weight excluding hydrogens is 346 g/mol. The smallest absolute Gasteiger partial charge is 0.278 e. The number of nitrogens with zero attached hydrogens (tertiary/aromatic N) is 3. The van der Waals surface area contributed by atoms with Crippen molar-refractivity contribution in [3.05, 3.63) is 58.9 Å². The summed E-state index contributed by atoms with van der Waals surface area (Å²) in [5, 5.41) is 15.5. The lowest BCUT2D eigenvalue weighted by molar-refractivity contribution is -0.117. The first kappa shape index (κ1) is 16.7. The number of amides is 1. The normalized spacial score (nSPS) is 11.4. The molecule has 1 amide bonds. The second kappa shape index (κ2) is 6.42. The van der Waals surface area contributed by atoms with Gasteiger partial charge in [0.15, 0.2) is 0 Å². The van der Waals surface area contributed by atoms with Gasteiger partial charge in [-0.15, -0.1) is 5.10 Å². The van der Waals surface area contributed by atoms with Crippen molar-refractivity contribution in [3.63, 3.8) is 0 Å². The third-order valence-corrected chi connectivity index (χ3v) is 4.32. The molecule has 1 heterocycles. The molecule has 25 heavy (non-hydrogen) atoms. The Labute approximate surface area is 142 Å². The molecule has 1 aromatic heterocycles. The molecule has 0 radical (unpaired) electrons. The van der Waals surface area contributed by atoms with Crippen molar-refractivity contribution >= 4 is 32.5 Å². The lowest BCUT2D eigenvalue weighted by atomic mass is 10.2. The van der Waals surface area contributed by atoms with Crippen LogP contribution in [0.15, 0.2) is 58.2 Å². The van der Waals surface area contributed by atoms with Gasteiger partial charge in [-0.1, -0.05) is 17.3 Å². The van der Waals surface area contributed by atoms with Crippen molar-refractivity contribution in [1.29, 1.82) is 0 Å². The minimum absolute atomic E-state index is 0.0675. The number of aromatic nitrogens is 3. The Bertz CT molecular complexity index is 1110. The number of benzene rings is 2. The monoisotopic (exact) mass is 359 g/mol. The average molecular weight is 359 g/mol. The molecular formula is C15H13N5O4S. The van der Waals surface area contributed by atoms with Crippen molar-refractivity contribution in [1.82, 2.24) is 15.0 Å².